The van der Waals surface area contributed by atoms with E-state index >= 15 is 0 Å². The number of amides is 1. The standard InChI is InChI=1S/C23H29NO4S/c1-3-18(2)24(21-13-14-29(26,27)17-21)23(25)16-28-22-12-8-7-11-20(22)15-19-9-5-4-6-10-19/h4-12,18,21H,3,13-17H2,1-2H3/t18-,21-/m0/s1. The van der Waals surface area contributed by atoms with Crippen LogP contribution in [-0.4, -0.2) is 49.4 Å². The van der Waals surface area contributed by atoms with E-state index in [0.717, 1.165) is 18.4 Å². The molecular weight excluding hydrogens is 386 g/mol. The lowest BCUT2D eigenvalue weighted by atomic mass is 10.0. The van der Waals surface area contributed by atoms with Gasteiger partial charge in [0.15, 0.2) is 16.4 Å². The van der Waals surface area contributed by atoms with Crippen LogP contribution in [0.1, 0.15) is 37.8 Å². The van der Waals surface area contributed by atoms with Gasteiger partial charge in [0.25, 0.3) is 5.91 Å². The molecule has 0 saturated carbocycles. The van der Waals surface area contributed by atoms with Gasteiger partial charge >= 0.3 is 0 Å². The van der Waals surface area contributed by atoms with Crippen molar-refractivity contribution in [1.82, 2.24) is 4.90 Å². The maximum absolute atomic E-state index is 13.0. The minimum Gasteiger partial charge on any atom is -0.483 e. The fourth-order valence-corrected chi connectivity index (χ4v) is 5.53. The van der Waals surface area contributed by atoms with E-state index in [9.17, 15) is 13.2 Å². The number of nitrogens with zero attached hydrogens (tertiary/aromatic N) is 1. The Hall–Kier alpha value is -2.34. The van der Waals surface area contributed by atoms with Gasteiger partial charge in [-0.1, -0.05) is 55.5 Å². The highest BCUT2D eigenvalue weighted by Gasteiger charge is 2.36. The minimum absolute atomic E-state index is 0.0241. The third-order valence-electron chi connectivity index (χ3n) is 5.52. The van der Waals surface area contributed by atoms with E-state index in [4.69, 9.17) is 4.74 Å². The third-order valence-corrected chi connectivity index (χ3v) is 7.27. The van der Waals surface area contributed by atoms with Crippen LogP contribution in [0.4, 0.5) is 0 Å². The Morgan fingerprint density at radius 2 is 1.83 bits per heavy atom. The normalized spacial score (nSPS) is 18.9. The first kappa shape index (κ1) is 21.4. The van der Waals surface area contributed by atoms with E-state index < -0.39 is 9.84 Å². The molecule has 1 amide bonds. The van der Waals surface area contributed by atoms with Gasteiger partial charge in [0, 0.05) is 18.5 Å². The van der Waals surface area contributed by atoms with Crippen molar-refractivity contribution in [2.24, 2.45) is 0 Å². The van der Waals surface area contributed by atoms with Crippen molar-refractivity contribution in [2.45, 2.75) is 45.2 Å². The maximum atomic E-state index is 13.0. The SMILES string of the molecule is CC[C@H](C)N(C(=O)COc1ccccc1Cc1ccccc1)[C@H]1CCS(=O)(=O)C1. The summed E-state index contributed by atoms with van der Waals surface area (Å²) in [6.45, 7) is 3.88. The second-order valence-electron chi connectivity index (χ2n) is 7.67. The molecule has 29 heavy (non-hydrogen) atoms. The summed E-state index contributed by atoms with van der Waals surface area (Å²) in [7, 11) is -3.06. The minimum atomic E-state index is -3.06. The number of hydrogen-bond acceptors (Lipinski definition) is 4. The van der Waals surface area contributed by atoms with Gasteiger partial charge < -0.3 is 9.64 Å². The molecule has 1 heterocycles. The number of rotatable bonds is 8. The van der Waals surface area contributed by atoms with Crippen molar-refractivity contribution in [1.29, 1.82) is 0 Å². The quantitative estimate of drug-likeness (QED) is 0.662. The van der Waals surface area contributed by atoms with Crippen molar-refractivity contribution in [3.63, 3.8) is 0 Å². The van der Waals surface area contributed by atoms with E-state index in [1.807, 2.05) is 56.3 Å². The average Bonchev–Trinajstić information content (AvgIpc) is 3.07. The number of sulfone groups is 1. The Morgan fingerprint density at radius 3 is 2.48 bits per heavy atom. The van der Waals surface area contributed by atoms with Crippen LogP contribution in [0, 0.1) is 0 Å². The van der Waals surface area contributed by atoms with Crippen LogP contribution in [0.25, 0.3) is 0 Å². The second-order valence-corrected chi connectivity index (χ2v) is 9.90. The first-order valence-electron chi connectivity index (χ1n) is 10.2. The highest BCUT2D eigenvalue weighted by Crippen LogP contribution is 2.24. The average molecular weight is 416 g/mol. The number of hydrogen-bond donors (Lipinski definition) is 0. The molecule has 1 fully saturated rings. The molecule has 6 heteroatoms. The summed E-state index contributed by atoms with van der Waals surface area (Å²) >= 11 is 0. The van der Waals surface area contributed by atoms with Gasteiger partial charge in [0.1, 0.15) is 5.75 Å². The van der Waals surface area contributed by atoms with Crippen LogP contribution in [-0.2, 0) is 21.1 Å². The lowest BCUT2D eigenvalue weighted by molar-refractivity contribution is -0.137. The molecule has 2 atom stereocenters. The van der Waals surface area contributed by atoms with E-state index in [0.29, 0.717) is 12.2 Å². The molecule has 1 saturated heterocycles. The fraction of sp³-hybridized carbons (Fsp3) is 0.435. The molecule has 1 aliphatic heterocycles. The van der Waals surface area contributed by atoms with Crippen LogP contribution in [0.15, 0.2) is 54.6 Å². The van der Waals surface area contributed by atoms with Crippen molar-refractivity contribution >= 4 is 15.7 Å². The van der Waals surface area contributed by atoms with E-state index in [1.165, 1.54) is 5.56 Å². The molecular formula is C23H29NO4S. The number of carbonyl (C=O) groups excluding carboxylic acids is 1. The van der Waals surface area contributed by atoms with Crippen LogP contribution in [0.5, 0.6) is 5.75 Å². The highest BCUT2D eigenvalue weighted by atomic mass is 32.2. The first-order chi connectivity index (χ1) is 13.9. The second kappa shape index (κ2) is 9.44. The summed E-state index contributed by atoms with van der Waals surface area (Å²) in [5, 5.41) is 0. The zero-order chi connectivity index (χ0) is 20.9. The molecule has 0 bridgehead atoms. The Balaban J connectivity index is 1.70. The van der Waals surface area contributed by atoms with Gasteiger partial charge in [0.05, 0.1) is 11.5 Å². The summed E-state index contributed by atoms with van der Waals surface area (Å²) in [4.78, 5) is 14.7. The lowest BCUT2D eigenvalue weighted by Crippen LogP contribution is -2.48. The molecule has 0 aliphatic carbocycles. The molecule has 2 aromatic rings. The Labute approximate surface area is 173 Å². The van der Waals surface area contributed by atoms with Gasteiger partial charge in [-0.15, -0.1) is 0 Å². The monoisotopic (exact) mass is 415 g/mol. The molecule has 0 spiro atoms. The molecule has 0 N–H and O–H groups in total. The summed E-state index contributed by atoms with van der Waals surface area (Å²) < 4.78 is 29.7. The van der Waals surface area contributed by atoms with Crippen LogP contribution in [0.2, 0.25) is 0 Å². The predicted molar refractivity (Wildman–Crippen MR) is 115 cm³/mol. The van der Waals surface area contributed by atoms with Gasteiger partial charge in [-0.05, 0) is 37.0 Å². The fourth-order valence-electron chi connectivity index (χ4n) is 3.82. The van der Waals surface area contributed by atoms with Gasteiger partial charge in [0.2, 0.25) is 0 Å². The Kier molecular flexibility index (Phi) is 6.96. The zero-order valence-corrected chi connectivity index (χ0v) is 17.9. The number of ether oxygens (including phenoxy) is 1. The van der Waals surface area contributed by atoms with Crippen molar-refractivity contribution in [3.05, 3.63) is 65.7 Å². The zero-order valence-electron chi connectivity index (χ0n) is 17.1. The lowest BCUT2D eigenvalue weighted by Gasteiger charge is -2.33. The number of benzene rings is 2. The number of para-hydroxylation sites is 1. The third kappa shape index (κ3) is 5.60. The smallest absolute Gasteiger partial charge is 0.261 e. The molecule has 3 rings (SSSR count). The van der Waals surface area contributed by atoms with Crippen LogP contribution >= 0.6 is 0 Å². The summed E-state index contributed by atoms with van der Waals surface area (Å²) in [6, 6.07) is 17.6. The number of carbonyl (C=O) groups is 1. The van der Waals surface area contributed by atoms with Crippen LogP contribution in [0.3, 0.4) is 0 Å². The van der Waals surface area contributed by atoms with Gasteiger partial charge in [-0.3, -0.25) is 4.79 Å². The highest BCUT2D eigenvalue weighted by molar-refractivity contribution is 7.91. The van der Waals surface area contributed by atoms with Crippen LogP contribution < -0.4 is 4.74 Å². The molecule has 0 aromatic heterocycles. The maximum Gasteiger partial charge on any atom is 0.261 e. The van der Waals surface area contributed by atoms with E-state index in [1.54, 1.807) is 4.90 Å². The van der Waals surface area contributed by atoms with Crippen molar-refractivity contribution in [3.8, 4) is 5.75 Å². The molecule has 2 aromatic carbocycles. The molecule has 5 nitrogen and oxygen atoms in total. The van der Waals surface area contributed by atoms with Gasteiger partial charge in [-0.25, -0.2) is 8.42 Å². The molecule has 156 valence electrons. The van der Waals surface area contributed by atoms with Crippen molar-refractivity contribution in [2.75, 3.05) is 18.1 Å². The van der Waals surface area contributed by atoms with Crippen molar-refractivity contribution < 1.29 is 17.9 Å². The Bertz CT molecular complexity index is 927. The van der Waals surface area contributed by atoms with Gasteiger partial charge in [-0.2, -0.15) is 0 Å². The first-order valence-corrected chi connectivity index (χ1v) is 12.0. The predicted octanol–water partition coefficient (Wildman–Crippen LogP) is 3.47. The van der Waals surface area contributed by atoms with E-state index in [2.05, 4.69) is 12.1 Å². The summed E-state index contributed by atoms with van der Waals surface area (Å²) in [5.41, 5.74) is 2.19. The summed E-state index contributed by atoms with van der Waals surface area (Å²) in [5.74, 6) is 0.732. The summed E-state index contributed by atoms with van der Waals surface area (Å²) in [6.07, 6.45) is 2.00. The largest absolute Gasteiger partial charge is 0.483 e. The van der Waals surface area contributed by atoms with E-state index in [-0.39, 0.29) is 36.1 Å². The topological polar surface area (TPSA) is 63.7 Å². The molecule has 1 aliphatic rings. The molecule has 0 unspecified atom stereocenters. The molecule has 0 radical (unpaired) electrons. The Morgan fingerprint density at radius 1 is 1.14 bits per heavy atom.